The van der Waals surface area contributed by atoms with Crippen molar-refractivity contribution in [2.24, 2.45) is 0 Å². The standard InChI is InChI=1S/C17H23NO2/c1-14-4-2-5-15(12-14)13-18-10-9-17(7-3-11-20-17)8-6-16(18)19/h2,4-5,12H,3,6-11,13H2,1H3/t17-/m1/s1. The van der Waals surface area contributed by atoms with Gasteiger partial charge in [0.25, 0.3) is 0 Å². The summed E-state index contributed by atoms with van der Waals surface area (Å²) < 4.78 is 5.95. The van der Waals surface area contributed by atoms with Gasteiger partial charge in [-0.05, 0) is 38.2 Å². The molecular weight excluding hydrogens is 250 g/mol. The molecule has 0 N–H and O–H groups in total. The molecule has 1 amide bonds. The van der Waals surface area contributed by atoms with Crippen molar-refractivity contribution in [1.29, 1.82) is 0 Å². The molecule has 0 bridgehead atoms. The summed E-state index contributed by atoms with van der Waals surface area (Å²) in [6.45, 7) is 4.52. The Kier molecular flexibility index (Phi) is 3.79. The molecule has 1 spiro atoms. The molecule has 0 aliphatic carbocycles. The van der Waals surface area contributed by atoms with Crippen molar-refractivity contribution in [3.05, 3.63) is 35.4 Å². The van der Waals surface area contributed by atoms with E-state index in [4.69, 9.17) is 4.74 Å². The van der Waals surface area contributed by atoms with Gasteiger partial charge in [-0.1, -0.05) is 29.8 Å². The fraction of sp³-hybridized carbons (Fsp3) is 0.588. The molecule has 1 atom stereocenters. The summed E-state index contributed by atoms with van der Waals surface area (Å²) in [5.41, 5.74) is 2.47. The average molecular weight is 273 g/mol. The molecular formula is C17H23NO2. The van der Waals surface area contributed by atoms with E-state index in [0.29, 0.717) is 6.42 Å². The van der Waals surface area contributed by atoms with Crippen molar-refractivity contribution >= 4 is 5.91 Å². The Labute approximate surface area is 120 Å². The second kappa shape index (κ2) is 5.57. The van der Waals surface area contributed by atoms with E-state index in [-0.39, 0.29) is 11.5 Å². The maximum atomic E-state index is 12.3. The van der Waals surface area contributed by atoms with Gasteiger partial charge in [-0.25, -0.2) is 0 Å². The van der Waals surface area contributed by atoms with Crippen molar-refractivity contribution in [1.82, 2.24) is 4.90 Å². The van der Waals surface area contributed by atoms with Crippen LogP contribution in [-0.4, -0.2) is 29.6 Å². The lowest BCUT2D eigenvalue weighted by Gasteiger charge is -2.26. The van der Waals surface area contributed by atoms with E-state index in [1.807, 2.05) is 4.90 Å². The molecule has 2 fully saturated rings. The number of likely N-dealkylation sites (tertiary alicyclic amines) is 1. The van der Waals surface area contributed by atoms with E-state index in [1.165, 1.54) is 11.1 Å². The number of carbonyl (C=O) groups is 1. The van der Waals surface area contributed by atoms with Gasteiger partial charge in [0.15, 0.2) is 0 Å². The van der Waals surface area contributed by atoms with Crippen LogP contribution in [0.5, 0.6) is 0 Å². The number of hydrogen-bond donors (Lipinski definition) is 0. The van der Waals surface area contributed by atoms with Gasteiger partial charge in [-0.2, -0.15) is 0 Å². The first-order valence-corrected chi connectivity index (χ1v) is 7.64. The number of rotatable bonds is 2. The Bertz CT molecular complexity index is 492. The predicted octanol–water partition coefficient (Wildman–Crippen LogP) is 3.06. The Morgan fingerprint density at radius 1 is 1.30 bits per heavy atom. The molecule has 2 heterocycles. The normalized spacial score (nSPS) is 27.1. The molecule has 0 saturated carbocycles. The number of carbonyl (C=O) groups excluding carboxylic acids is 1. The van der Waals surface area contributed by atoms with Crippen LogP contribution in [0, 0.1) is 6.92 Å². The average Bonchev–Trinajstić information content (AvgIpc) is 2.84. The summed E-state index contributed by atoms with van der Waals surface area (Å²) >= 11 is 0. The van der Waals surface area contributed by atoms with Crippen LogP contribution in [0.15, 0.2) is 24.3 Å². The highest BCUT2D eigenvalue weighted by Gasteiger charge is 2.38. The predicted molar refractivity (Wildman–Crippen MR) is 78.4 cm³/mol. The fourth-order valence-electron chi connectivity index (χ4n) is 3.43. The third-order valence-electron chi connectivity index (χ3n) is 4.63. The van der Waals surface area contributed by atoms with Crippen molar-refractivity contribution < 1.29 is 9.53 Å². The summed E-state index contributed by atoms with van der Waals surface area (Å²) in [5.74, 6) is 0.277. The van der Waals surface area contributed by atoms with Crippen LogP contribution in [0.3, 0.4) is 0 Å². The van der Waals surface area contributed by atoms with Gasteiger partial charge in [0.1, 0.15) is 0 Å². The second-order valence-electron chi connectivity index (χ2n) is 6.19. The number of benzene rings is 1. The van der Waals surface area contributed by atoms with Gasteiger partial charge in [-0.3, -0.25) is 4.79 Å². The highest BCUT2D eigenvalue weighted by Crippen LogP contribution is 2.36. The van der Waals surface area contributed by atoms with E-state index in [1.54, 1.807) is 0 Å². The van der Waals surface area contributed by atoms with Crippen LogP contribution in [0.2, 0.25) is 0 Å². The Hall–Kier alpha value is -1.35. The molecule has 0 radical (unpaired) electrons. The van der Waals surface area contributed by atoms with Gasteiger partial charge in [-0.15, -0.1) is 0 Å². The van der Waals surface area contributed by atoms with E-state index in [2.05, 4.69) is 31.2 Å². The molecule has 108 valence electrons. The molecule has 2 aliphatic rings. The minimum absolute atomic E-state index is 0.00296. The maximum Gasteiger partial charge on any atom is 0.222 e. The molecule has 1 aromatic carbocycles. The molecule has 0 unspecified atom stereocenters. The smallest absolute Gasteiger partial charge is 0.222 e. The molecule has 2 saturated heterocycles. The molecule has 20 heavy (non-hydrogen) atoms. The lowest BCUT2D eigenvalue weighted by atomic mass is 9.92. The van der Waals surface area contributed by atoms with Crippen LogP contribution in [0.1, 0.15) is 43.2 Å². The summed E-state index contributed by atoms with van der Waals surface area (Å²) in [5, 5.41) is 0. The van der Waals surface area contributed by atoms with Gasteiger partial charge >= 0.3 is 0 Å². The zero-order valence-corrected chi connectivity index (χ0v) is 12.2. The first-order chi connectivity index (χ1) is 9.67. The highest BCUT2D eigenvalue weighted by atomic mass is 16.5. The summed E-state index contributed by atoms with van der Waals surface area (Å²) in [6.07, 6.45) is 4.79. The third kappa shape index (κ3) is 2.88. The van der Waals surface area contributed by atoms with E-state index in [0.717, 1.165) is 45.4 Å². The molecule has 1 aromatic rings. The van der Waals surface area contributed by atoms with Crippen molar-refractivity contribution in [3.63, 3.8) is 0 Å². The first-order valence-electron chi connectivity index (χ1n) is 7.64. The number of ether oxygens (including phenoxy) is 1. The minimum Gasteiger partial charge on any atom is -0.375 e. The van der Waals surface area contributed by atoms with E-state index < -0.39 is 0 Å². The Morgan fingerprint density at radius 2 is 2.20 bits per heavy atom. The molecule has 3 nitrogen and oxygen atoms in total. The van der Waals surface area contributed by atoms with Crippen LogP contribution in [0.4, 0.5) is 0 Å². The van der Waals surface area contributed by atoms with Crippen molar-refractivity contribution in [2.45, 2.75) is 51.2 Å². The Morgan fingerprint density at radius 3 is 2.95 bits per heavy atom. The molecule has 0 aromatic heterocycles. The SMILES string of the molecule is Cc1cccc(CN2CC[C@@]3(CCCO3)CCC2=O)c1. The summed E-state index contributed by atoms with van der Waals surface area (Å²) in [6, 6.07) is 8.43. The van der Waals surface area contributed by atoms with Gasteiger partial charge in [0.05, 0.1) is 5.60 Å². The van der Waals surface area contributed by atoms with Gasteiger partial charge in [0.2, 0.25) is 5.91 Å². The topological polar surface area (TPSA) is 29.5 Å². The quantitative estimate of drug-likeness (QED) is 0.829. The number of hydrogen-bond acceptors (Lipinski definition) is 2. The number of nitrogens with zero attached hydrogens (tertiary/aromatic N) is 1. The number of aryl methyl sites for hydroxylation is 1. The summed E-state index contributed by atoms with van der Waals surface area (Å²) in [4.78, 5) is 14.3. The molecule has 3 rings (SSSR count). The second-order valence-corrected chi connectivity index (χ2v) is 6.19. The van der Waals surface area contributed by atoms with Crippen molar-refractivity contribution in [3.8, 4) is 0 Å². The lowest BCUT2D eigenvalue weighted by molar-refractivity contribution is -0.131. The zero-order chi connectivity index (χ0) is 14.0. The maximum absolute atomic E-state index is 12.3. The minimum atomic E-state index is -0.00296. The van der Waals surface area contributed by atoms with Crippen LogP contribution >= 0.6 is 0 Å². The zero-order valence-electron chi connectivity index (χ0n) is 12.2. The first kappa shape index (κ1) is 13.6. The van der Waals surface area contributed by atoms with Crippen LogP contribution in [0.25, 0.3) is 0 Å². The van der Waals surface area contributed by atoms with Gasteiger partial charge in [0, 0.05) is 26.1 Å². The Balaban J connectivity index is 1.69. The fourth-order valence-corrected chi connectivity index (χ4v) is 3.43. The van der Waals surface area contributed by atoms with Gasteiger partial charge < -0.3 is 9.64 Å². The van der Waals surface area contributed by atoms with Crippen LogP contribution in [-0.2, 0) is 16.1 Å². The third-order valence-corrected chi connectivity index (χ3v) is 4.63. The van der Waals surface area contributed by atoms with Crippen molar-refractivity contribution in [2.75, 3.05) is 13.2 Å². The molecule has 3 heteroatoms. The highest BCUT2D eigenvalue weighted by molar-refractivity contribution is 5.76. The lowest BCUT2D eigenvalue weighted by Crippen LogP contribution is -2.32. The molecule has 2 aliphatic heterocycles. The number of amides is 1. The largest absolute Gasteiger partial charge is 0.375 e. The van der Waals surface area contributed by atoms with E-state index in [9.17, 15) is 4.79 Å². The van der Waals surface area contributed by atoms with E-state index >= 15 is 0 Å². The monoisotopic (exact) mass is 273 g/mol. The summed E-state index contributed by atoms with van der Waals surface area (Å²) in [7, 11) is 0. The van der Waals surface area contributed by atoms with Crippen LogP contribution < -0.4 is 0 Å².